The third kappa shape index (κ3) is 4.78. The summed E-state index contributed by atoms with van der Waals surface area (Å²) in [5, 5.41) is 3.06. The summed E-state index contributed by atoms with van der Waals surface area (Å²) in [6, 6.07) is 0. The van der Waals surface area contributed by atoms with Crippen LogP contribution in [0.25, 0.3) is 0 Å². The first-order valence-corrected chi connectivity index (χ1v) is 10.2. The second kappa shape index (κ2) is 9.94. The average Bonchev–Trinajstić information content (AvgIpc) is 2.55. The van der Waals surface area contributed by atoms with Crippen molar-refractivity contribution in [2.24, 2.45) is 5.18 Å². The summed E-state index contributed by atoms with van der Waals surface area (Å²) in [6.45, 7) is 7.94. The fourth-order valence-electron chi connectivity index (χ4n) is 2.04. The molecule has 0 unspecified atom stereocenters. The van der Waals surface area contributed by atoms with Crippen LogP contribution >= 0.6 is 67.8 Å². The molecule has 0 aromatic heterocycles. The Morgan fingerprint density at radius 1 is 0.920 bits per heavy atom. The van der Waals surface area contributed by atoms with Crippen molar-refractivity contribution >= 4 is 85.3 Å². The molecule has 0 heterocycles. The first-order valence-electron chi connectivity index (χ1n) is 6.99. The van der Waals surface area contributed by atoms with Gasteiger partial charge in [-0.2, -0.15) is 0 Å². The van der Waals surface area contributed by atoms with E-state index in [1.807, 2.05) is 67.8 Å². The van der Waals surface area contributed by atoms with Crippen molar-refractivity contribution in [3.8, 4) is 0 Å². The molecule has 0 spiro atoms. The number of hydrogen-bond donors (Lipinski definition) is 0. The van der Waals surface area contributed by atoms with Gasteiger partial charge in [-0.3, -0.25) is 9.59 Å². The van der Waals surface area contributed by atoms with Crippen LogP contribution < -0.4 is 0 Å². The fourth-order valence-corrected chi connectivity index (χ4v) is 6.33. The lowest BCUT2D eigenvalue weighted by Crippen LogP contribution is -2.32. The topological polar surface area (TPSA) is 70.0 Å². The number of nitroso groups, excluding NO2 is 1. The zero-order chi connectivity index (χ0) is 19.3. The van der Waals surface area contributed by atoms with Gasteiger partial charge in [-0.1, -0.05) is 12.2 Å². The van der Waals surface area contributed by atoms with E-state index in [4.69, 9.17) is 0 Å². The first kappa shape index (κ1) is 22.5. The van der Waals surface area contributed by atoms with Gasteiger partial charge in [-0.05, 0) is 72.9 Å². The maximum atomic E-state index is 12.8. The van der Waals surface area contributed by atoms with Crippen molar-refractivity contribution < 1.29 is 9.59 Å². The molecule has 0 radical (unpaired) electrons. The van der Waals surface area contributed by atoms with Gasteiger partial charge in [0.05, 0.1) is 18.3 Å². The summed E-state index contributed by atoms with van der Waals surface area (Å²) in [4.78, 5) is 39.9. The molecule has 0 saturated carbocycles. The molecule has 134 valence electrons. The largest absolute Gasteiger partial charge is 0.338 e. The number of carbonyl (C=O) groups excluding carboxylic acids is 2. The Labute approximate surface area is 187 Å². The van der Waals surface area contributed by atoms with Gasteiger partial charge in [0.15, 0.2) is 0 Å². The SMILES string of the molecule is C=CCN(C)C(=O)c1c(I)c(N=O)c(I)c(C(=O)N(C)CC=C)c1I. The van der Waals surface area contributed by atoms with Gasteiger partial charge >= 0.3 is 0 Å². The average molecular weight is 679 g/mol. The van der Waals surface area contributed by atoms with Gasteiger partial charge in [-0.25, -0.2) is 0 Å². The monoisotopic (exact) mass is 679 g/mol. The molecule has 6 nitrogen and oxygen atoms in total. The second-order valence-electron chi connectivity index (χ2n) is 5.08. The number of rotatable bonds is 7. The van der Waals surface area contributed by atoms with Crippen molar-refractivity contribution in [1.82, 2.24) is 9.80 Å². The van der Waals surface area contributed by atoms with E-state index in [0.717, 1.165) is 0 Å². The normalized spacial score (nSPS) is 10.1. The Bertz CT molecular complexity index is 695. The molecular formula is C16H16I3N3O3. The third-order valence-electron chi connectivity index (χ3n) is 3.31. The smallest absolute Gasteiger partial charge is 0.256 e. The van der Waals surface area contributed by atoms with Gasteiger partial charge in [0.25, 0.3) is 11.8 Å². The highest BCUT2D eigenvalue weighted by atomic mass is 127. The summed E-state index contributed by atoms with van der Waals surface area (Å²) >= 11 is 5.83. The quantitative estimate of drug-likeness (QED) is 0.244. The lowest BCUT2D eigenvalue weighted by molar-refractivity contribution is 0.0805. The summed E-state index contributed by atoms with van der Waals surface area (Å²) < 4.78 is 1.37. The van der Waals surface area contributed by atoms with Gasteiger partial charge in [0.1, 0.15) is 5.69 Å². The van der Waals surface area contributed by atoms with Crippen molar-refractivity contribution in [2.75, 3.05) is 27.2 Å². The first-order chi connectivity index (χ1) is 11.7. The van der Waals surface area contributed by atoms with Crippen molar-refractivity contribution in [3.63, 3.8) is 0 Å². The minimum atomic E-state index is -0.296. The highest BCUT2D eigenvalue weighted by molar-refractivity contribution is 14.1. The summed E-state index contributed by atoms with van der Waals surface area (Å²) in [6.07, 6.45) is 3.21. The molecule has 0 aliphatic heterocycles. The molecule has 9 heteroatoms. The Morgan fingerprint density at radius 3 is 1.56 bits per heavy atom. The van der Waals surface area contributed by atoms with E-state index < -0.39 is 0 Å². The highest BCUT2D eigenvalue weighted by Crippen LogP contribution is 2.38. The molecule has 1 aromatic rings. The number of amides is 2. The van der Waals surface area contributed by atoms with Crippen LogP contribution in [0.5, 0.6) is 0 Å². The van der Waals surface area contributed by atoms with E-state index in [1.54, 1.807) is 26.2 Å². The Balaban J connectivity index is 3.70. The number of carbonyl (C=O) groups is 2. The van der Waals surface area contributed by atoms with Gasteiger partial charge in [0.2, 0.25) is 0 Å². The number of halogens is 3. The van der Waals surface area contributed by atoms with Crippen molar-refractivity contribution in [2.45, 2.75) is 0 Å². The van der Waals surface area contributed by atoms with Gasteiger partial charge < -0.3 is 9.80 Å². The number of likely N-dealkylation sites (N-methyl/N-ethyl adjacent to an activating group) is 2. The second-order valence-corrected chi connectivity index (χ2v) is 8.32. The minimum Gasteiger partial charge on any atom is -0.338 e. The van der Waals surface area contributed by atoms with E-state index in [2.05, 4.69) is 18.3 Å². The van der Waals surface area contributed by atoms with Crippen LogP contribution in [0.2, 0.25) is 0 Å². The summed E-state index contributed by atoms with van der Waals surface area (Å²) in [5.74, 6) is -0.592. The number of hydrogen-bond acceptors (Lipinski definition) is 4. The zero-order valence-corrected chi connectivity index (χ0v) is 20.2. The van der Waals surface area contributed by atoms with Crippen molar-refractivity contribution in [3.05, 3.63) is 52.1 Å². The molecule has 0 fully saturated rings. The molecule has 0 saturated heterocycles. The molecule has 0 aliphatic rings. The molecule has 1 aromatic carbocycles. The number of nitrogens with zero attached hydrogens (tertiary/aromatic N) is 3. The Hall–Kier alpha value is -0.570. The van der Waals surface area contributed by atoms with Crippen LogP contribution in [-0.4, -0.2) is 48.8 Å². The minimum absolute atomic E-state index is 0.104. The maximum Gasteiger partial charge on any atom is 0.256 e. The standard InChI is InChI=1S/C16H16I3N3O3/c1-5-7-21(3)15(23)9-11(17)10(16(24)22(4)8-6-2)13(19)14(20-25)12(9)18/h5-6H,1-2,7-8H2,3-4H3. The molecule has 0 aliphatic carbocycles. The van der Waals surface area contributed by atoms with Crippen LogP contribution in [-0.2, 0) is 0 Å². The zero-order valence-electron chi connectivity index (χ0n) is 13.7. The van der Waals surface area contributed by atoms with Gasteiger partial charge in [0, 0.05) is 30.8 Å². The van der Waals surface area contributed by atoms with E-state index in [9.17, 15) is 14.5 Å². The summed E-state index contributed by atoms with van der Waals surface area (Å²) in [7, 11) is 3.26. The van der Waals surface area contributed by atoms with Crippen LogP contribution in [0, 0.1) is 15.6 Å². The van der Waals surface area contributed by atoms with Crippen molar-refractivity contribution in [1.29, 1.82) is 0 Å². The molecule has 1 rings (SSSR count). The van der Waals surface area contributed by atoms with E-state index in [-0.39, 0.29) is 17.5 Å². The van der Waals surface area contributed by atoms with E-state index in [0.29, 0.717) is 34.9 Å². The van der Waals surface area contributed by atoms with Crippen LogP contribution in [0.15, 0.2) is 30.5 Å². The lowest BCUT2D eigenvalue weighted by atomic mass is 10.1. The van der Waals surface area contributed by atoms with Gasteiger partial charge in [-0.15, -0.1) is 18.1 Å². The molecule has 0 N–H and O–H groups in total. The Kier molecular flexibility index (Phi) is 8.94. The molecule has 0 bridgehead atoms. The Morgan fingerprint density at radius 2 is 1.28 bits per heavy atom. The molecule has 2 amide bonds. The third-order valence-corrected chi connectivity index (χ3v) is 6.49. The lowest BCUT2D eigenvalue weighted by Gasteiger charge is -2.22. The van der Waals surface area contributed by atoms with Crippen LogP contribution in [0.4, 0.5) is 5.69 Å². The molecule has 0 atom stereocenters. The molecular weight excluding hydrogens is 663 g/mol. The van der Waals surface area contributed by atoms with Crippen LogP contribution in [0.1, 0.15) is 20.7 Å². The van der Waals surface area contributed by atoms with E-state index in [1.165, 1.54) is 9.80 Å². The predicted molar refractivity (Wildman–Crippen MR) is 124 cm³/mol. The van der Waals surface area contributed by atoms with Crippen LogP contribution in [0.3, 0.4) is 0 Å². The molecule has 25 heavy (non-hydrogen) atoms. The number of benzene rings is 1. The van der Waals surface area contributed by atoms with E-state index >= 15 is 0 Å². The maximum absolute atomic E-state index is 12.8. The summed E-state index contributed by atoms with van der Waals surface area (Å²) in [5.41, 5.74) is 0.708. The highest BCUT2D eigenvalue weighted by Gasteiger charge is 2.30. The fraction of sp³-hybridized carbons (Fsp3) is 0.250. The predicted octanol–water partition coefficient (Wildman–Crippen LogP) is 4.41.